The van der Waals surface area contributed by atoms with Crippen LogP contribution in [0.15, 0.2) is 18.2 Å². The first-order valence-corrected chi connectivity index (χ1v) is 9.21. The van der Waals surface area contributed by atoms with E-state index >= 15 is 0 Å². The molecule has 1 aliphatic carbocycles. The van der Waals surface area contributed by atoms with Crippen molar-refractivity contribution in [1.82, 2.24) is 10.2 Å². The van der Waals surface area contributed by atoms with E-state index in [0.29, 0.717) is 6.54 Å². The first-order valence-electron chi connectivity index (χ1n) is 9.21. The Morgan fingerprint density at radius 2 is 1.96 bits per heavy atom. The lowest BCUT2D eigenvalue weighted by molar-refractivity contribution is -0.126. The van der Waals surface area contributed by atoms with Crippen molar-refractivity contribution in [1.29, 1.82) is 0 Å². The number of likely N-dealkylation sites (N-methyl/N-ethyl adjacent to an activating group) is 1. The molecule has 0 heterocycles. The maximum absolute atomic E-state index is 12.5. The lowest BCUT2D eigenvalue weighted by Gasteiger charge is -2.27. The van der Waals surface area contributed by atoms with Crippen molar-refractivity contribution in [3.63, 3.8) is 0 Å². The molecule has 0 bridgehead atoms. The summed E-state index contributed by atoms with van der Waals surface area (Å²) in [6.07, 6.45) is 4.24. The van der Waals surface area contributed by atoms with E-state index in [1.54, 1.807) is 7.11 Å². The first-order chi connectivity index (χ1) is 11.9. The van der Waals surface area contributed by atoms with Crippen molar-refractivity contribution in [3.05, 3.63) is 34.9 Å². The molecule has 1 aromatic carbocycles. The maximum Gasteiger partial charge on any atom is 0.237 e. The third-order valence-electron chi connectivity index (χ3n) is 5.13. The van der Waals surface area contributed by atoms with Gasteiger partial charge in [0.1, 0.15) is 0 Å². The number of hydrogen-bond donors (Lipinski definition) is 2. The summed E-state index contributed by atoms with van der Waals surface area (Å²) in [4.78, 5) is 14.4. The largest absolute Gasteiger partial charge is 0.389 e. The van der Waals surface area contributed by atoms with Gasteiger partial charge >= 0.3 is 0 Å². The molecule has 5 heteroatoms. The highest BCUT2D eigenvalue weighted by Crippen LogP contribution is 2.24. The zero-order valence-corrected chi connectivity index (χ0v) is 15.9. The predicted octanol–water partition coefficient (Wildman–Crippen LogP) is 2.07. The monoisotopic (exact) mass is 348 g/mol. The van der Waals surface area contributed by atoms with Crippen molar-refractivity contribution in [2.75, 3.05) is 27.3 Å². The van der Waals surface area contributed by atoms with Gasteiger partial charge in [-0.2, -0.15) is 0 Å². The van der Waals surface area contributed by atoms with Gasteiger partial charge in [0.15, 0.2) is 0 Å². The predicted molar refractivity (Wildman–Crippen MR) is 99.6 cm³/mol. The van der Waals surface area contributed by atoms with E-state index in [9.17, 15) is 9.90 Å². The Morgan fingerprint density at radius 3 is 2.64 bits per heavy atom. The van der Waals surface area contributed by atoms with Gasteiger partial charge in [-0.15, -0.1) is 0 Å². The standard InChI is InChI=1S/C20H32N2O3/c1-14(17-10-9-16-7-5-6-8-18(16)11-17)21-20(24)15(2)22(3)12-19(23)13-25-4/h9-11,14-15,19,23H,5-8,12-13H2,1-4H3,(H,21,24). The summed E-state index contributed by atoms with van der Waals surface area (Å²) in [5.41, 5.74) is 4.04. The number of nitrogens with zero attached hydrogens (tertiary/aromatic N) is 1. The fraction of sp³-hybridized carbons (Fsp3) is 0.650. The van der Waals surface area contributed by atoms with Crippen LogP contribution in [0.5, 0.6) is 0 Å². The quantitative estimate of drug-likeness (QED) is 0.755. The number of ether oxygens (including phenoxy) is 1. The van der Waals surface area contributed by atoms with Gasteiger partial charge in [0.25, 0.3) is 0 Å². The van der Waals surface area contributed by atoms with E-state index in [2.05, 4.69) is 23.5 Å². The molecule has 0 radical (unpaired) electrons. The van der Waals surface area contributed by atoms with Crippen LogP contribution < -0.4 is 5.32 Å². The summed E-state index contributed by atoms with van der Waals surface area (Å²) in [5, 5.41) is 12.9. The van der Waals surface area contributed by atoms with Crippen LogP contribution in [0.25, 0.3) is 0 Å². The van der Waals surface area contributed by atoms with Gasteiger partial charge in [0.2, 0.25) is 5.91 Å². The van der Waals surface area contributed by atoms with Crippen LogP contribution in [0.3, 0.4) is 0 Å². The molecule has 0 aliphatic heterocycles. The Labute approximate surface area is 151 Å². The normalized spacial score (nSPS) is 17.7. The van der Waals surface area contributed by atoms with E-state index in [4.69, 9.17) is 4.74 Å². The Hall–Kier alpha value is -1.43. The summed E-state index contributed by atoms with van der Waals surface area (Å²) in [5.74, 6) is -0.0302. The number of rotatable bonds is 8. The third kappa shape index (κ3) is 5.53. The average molecular weight is 348 g/mol. The lowest BCUT2D eigenvalue weighted by atomic mass is 9.89. The van der Waals surface area contributed by atoms with Crippen LogP contribution in [-0.4, -0.2) is 55.4 Å². The van der Waals surface area contributed by atoms with E-state index in [0.717, 1.165) is 12.0 Å². The summed E-state index contributed by atoms with van der Waals surface area (Å²) < 4.78 is 4.94. The summed E-state index contributed by atoms with van der Waals surface area (Å²) >= 11 is 0. The Bertz CT molecular complexity index is 576. The number of aliphatic hydroxyl groups excluding tert-OH is 1. The van der Waals surface area contributed by atoms with Crippen LogP contribution >= 0.6 is 0 Å². The van der Waals surface area contributed by atoms with Gasteiger partial charge in [-0.1, -0.05) is 18.2 Å². The first kappa shape index (κ1) is 19.9. The summed E-state index contributed by atoms with van der Waals surface area (Å²) in [6.45, 7) is 4.54. The van der Waals surface area contributed by atoms with Gasteiger partial charge in [0.05, 0.1) is 24.8 Å². The highest BCUT2D eigenvalue weighted by Gasteiger charge is 2.22. The van der Waals surface area contributed by atoms with Crippen molar-refractivity contribution in [2.24, 2.45) is 0 Å². The highest BCUT2D eigenvalue weighted by molar-refractivity contribution is 5.81. The maximum atomic E-state index is 12.5. The van der Waals surface area contributed by atoms with E-state index in [1.165, 1.54) is 30.4 Å². The molecule has 2 N–H and O–H groups in total. The molecule has 140 valence electrons. The molecule has 0 saturated carbocycles. The SMILES string of the molecule is COCC(O)CN(C)C(C)C(=O)NC(C)c1ccc2c(c1)CCCC2. The number of fused-ring (bicyclic) bond motifs is 1. The lowest BCUT2D eigenvalue weighted by Crippen LogP contribution is -2.47. The molecule has 1 aliphatic rings. The van der Waals surface area contributed by atoms with Gasteiger partial charge in [-0.3, -0.25) is 9.69 Å². The zero-order valence-electron chi connectivity index (χ0n) is 15.9. The number of carbonyl (C=O) groups excluding carboxylic acids is 1. The van der Waals surface area contributed by atoms with E-state index in [1.807, 2.05) is 25.8 Å². The number of carbonyl (C=O) groups is 1. The van der Waals surface area contributed by atoms with Crippen molar-refractivity contribution in [2.45, 2.75) is 57.7 Å². The Balaban J connectivity index is 1.92. The smallest absolute Gasteiger partial charge is 0.237 e. The van der Waals surface area contributed by atoms with Crippen LogP contribution in [0.2, 0.25) is 0 Å². The second kappa shape index (κ2) is 9.32. The second-order valence-corrected chi connectivity index (χ2v) is 7.19. The molecule has 3 unspecified atom stereocenters. The van der Waals surface area contributed by atoms with E-state index < -0.39 is 6.10 Å². The van der Waals surface area contributed by atoms with Gasteiger partial charge in [0, 0.05) is 13.7 Å². The number of methoxy groups -OCH3 is 1. The molecule has 2 rings (SSSR count). The van der Waals surface area contributed by atoms with Gasteiger partial charge < -0.3 is 15.2 Å². The van der Waals surface area contributed by atoms with Crippen molar-refractivity contribution >= 4 is 5.91 Å². The second-order valence-electron chi connectivity index (χ2n) is 7.19. The molecule has 0 spiro atoms. The minimum Gasteiger partial charge on any atom is -0.389 e. The van der Waals surface area contributed by atoms with Crippen LogP contribution in [0.1, 0.15) is 49.4 Å². The molecule has 25 heavy (non-hydrogen) atoms. The summed E-state index contributed by atoms with van der Waals surface area (Å²) in [7, 11) is 3.40. The molecule has 3 atom stereocenters. The minimum absolute atomic E-state index is 0.0283. The van der Waals surface area contributed by atoms with Gasteiger partial charge in [-0.25, -0.2) is 0 Å². The zero-order chi connectivity index (χ0) is 18.4. The minimum atomic E-state index is -0.594. The highest BCUT2D eigenvalue weighted by atomic mass is 16.5. The Kier molecular flexibility index (Phi) is 7.41. The Morgan fingerprint density at radius 1 is 1.28 bits per heavy atom. The molecule has 1 aromatic rings. The van der Waals surface area contributed by atoms with Crippen LogP contribution in [-0.2, 0) is 22.4 Å². The van der Waals surface area contributed by atoms with Gasteiger partial charge in [-0.05, 0) is 63.3 Å². The number of aliphatic hydroxyl groups is 1. The fourth-order valence-electron chi connectivity index (χ4n) is 3.38. The molecule has 0 aromatic heterocycles. The number of hydrogen-bond acceptors (Lipinski definition) is 4. The number of amides is 1. The number of aryl methyl sites for hydroxylation is 2. The molecule has 5 nitrogen and oxygen atoms in total. The van der Waals surface area contributed by atoms with Crippen molar-refractivity contribution in [3.8, 4) is 0 Å². The number of nitrogens with one attached hydrogen (secondary N) is 1. The third-order valence-corrected chi connectivity index (χ3v) is 5.13. The van der Waals surface area contributed by atoms with Crippen molar-refractivity contribution < 1.29 is 14.6 Å². The number of benzene rings is 1. The molecule has 0 saturated heterocycles. The van der Waals surface area contributed by atoms with Crippen LogP contribution in [0, 0.1) is 0 Å². The molecule has 0 fully saturated rings. The fourth-order valence-corrected chi connectivity index (χ4v) is 3.38. The molecule has 1 amide bonds. The van der Waals surface area contributed by atoms with Crippen LogP contribution in [0.4, 0.5) is 0 Å². The molecular weight excluding hydrogens is 316 g/mol. The molecular formula is C20H32N2O3. The average Bonchev–Trinajstić information content (AvgIpc) is 2.60. The van der Waals surface area contributed by atoms with E-state index in [-0.39, 0.29) is 24.6 Å². The topological polar surface area (TPSA) is 61.8 Å². The summed E-state index contributed by atoms with van der Waals surface area (Å²) in [6, 6.07) is 6.25.